The number of hydrogen-bond donors (Lipinski definition) is 1. The lowest BCUT2D eigenvalue weighted by atomic mass is 10.1. The molecule has 3 nitrogen and oxygen atoms in total. The molecule has 5 heteroatoms. The minimum Gasteiger partial charge on any atom is -0.457 e. The summed E-state index contributed by atoms with van der Waals surface area (Å²) in [6.45, 7) is 1.66. The van der Waals surface area contributed by atoms with E-state index < -0.39 is 11.9 Å². The van der Waals surface area contributed by atoms with Gasteiger partial charge in [0.2, 0.25) is 0 Å². The summed E-state index contributed by atoms with van der Waals surface area (Å²) >= 11 is 3.34. The molecule has 0 saturated heterocycles. The molecule has 0 fully saturated rings. The van der Waals surface area contributed by atoms with Crippen LogP contribution in [0, 0.1) is 17.1 Å². The normalized spacial score (nSPS) is 11.8. The van der Waals surface area contributed by atoms with Crippen molar-refractivity contribution >= 4 is 15.9 Å². The highest BCUT2D eigenvalue weighted by molar-refractivity contribution is 9.10. The number of aliphatic hydroxyl groups excluding tert-OH is 1. The number of nitrogens with zero attached hydrogens (tertiary/aromatic N) is 1. The fourth-order valence-electron chi connectivity index (χ4n) is 1.70. The average Bonchev–Trinajstić information content (AvgIpc) is 2.38. The predicted octanol–water partition coefficient (Wildman–Crippen LogP) is 4.31. The lowest BCUT2D eigenvalue weighted by Crippen LogP contribution is -1.93. The van der Waals surface area contributed by atoms with Gasteiger partial charge in [-0.1, -0.05) is 22.0 Å². The standard InChI is InChI=1S/C15H11BrFNO2/c1-9(19)13-5-4-11(6-14(13)16)20-12-3-2-10(8-18)15(17)7-12/h2-7,9,19H,1H3/t9-/m0/s1. The van der Waals surface area contributed by atoms with Crippen molar-refractivity contribution in [3.63, 3.8) is 0 Å². The summed E-state index contributed by atoms with van der Waals surface area (Å²) in [5.74, 6) is 0.188. The van der Waals surface area contributed by atoms with Crippen LogP contribution in [0.15, 0.2) is 40.9 Å². The molecule has 0 aliphatic rings. The third-order valence-corrected chi connectivity index (χ3v) is 3.41. The zero-order valence-corrected chi connectivity index (χ0v) is 12.2. The smallest absolute Gasteiger partial charge is 0.144 e. The van der Waals surface area contributed by atoms with E-state index in [0.717, 1.165) is 11.6 Å². The maximum atomic E-state index is 13.5. The van der Waals surface area contributed by atoms with Crippen LogP contribution in [-0.2, 0) is 0 Å². The van der Waals surface area contributed by atoms with Crippen molar-refractivity contribution < 1.29 is 14.2 Å². The first-order valence-electron chi connectivity index (χ1n) is 5.86. The van der Waals surface area contributed by atoms with E-state index in [2.05, 4.69) is 15.9 Å². The van der Waals surface area contributed by atoms with Crippen LogP contribution in [0.3, 0.4) is 0 Å². The third kappa shape index (κ3) is 3.16. The Morgan fingerprint density at radius 2 is 1.90 bits per heavy atom. The fourth-order valence-corrected chi connectivity index (χ4v) is 2.39. The fraction of sp³-hybridized carbons (Fsp3) is 0.133. The quantitative estimate of drug-likeness (QED) is 0.909. The topological polar surface area (TPSA) is 53.2 Å². The van der Waals surface area contributed by atoms with E-state index in [0.29, 0.717) is 16.0 Å². The summed E-state index contributed by atoms with van der Waals surface area (Å²) in [5.41, 5.74) is 0.714. The first-order chi connectivity index (χ1) is 9.51. The largest absolute Gasteiger partial charge is 0.457 e. The highest BCUT2D eigenvalue weighted by Crippen LogP contribution is 2.30. The van der Waals surface area contributed by atoms with Gasteiger partial charge in [0.25, 0.3) is 0 Å². The van der Waals surface area contributed by atoms with E-state index >= 15 is 0 Å². The van der Waals surface area contributed by atoms with Crippen molar-refractivity contribution in [2.75, 3.05) is 0 Å². The first kappa shape index (κ1) is 14.5. The Morgan fingerprint density at radius 3 is 2.45 bits per heavy atom. The molecule has 0 saturated carbocycles. The second-order valence-electron chi connectivity index (χ2n) is 4.21. The molecule has 2 aromatic rings. The Hall–Kier alpha value is -1.90. The van der Waals surface area contributed by atoms with Crippen molar-refractivity contribution in [2.45, 2.75) is 13.0 Å². The van der Waals surface area contributed by atoms with Gasteiger partial charge in [-0.2, -0.15) is 5.26 Å². The van der Waals surface area contributed by atoms with Gasteiger partial charge in [0.05, 0.1) is 11.7 Å². The van der Waals surface area contributed by atoms with Crippen LogP contribution >= 0.6 is 15.9 Å². The number of benzene rings is 2. The number of ether oxygens (including phenoxy) is 1. The van der Waals surface area contributed by atoms with Crippen LogP contribution in [-0.4, -0.2) is 5.11 Å². The Bertz CT molecular complexity index is 680. The van der Waals surface area contributed by atoms with Gasteiger partial charge >= 0.3 is 0 Å². The lowest BCUT2D eigenvalue weighted by Gasteiger charge is -2.11. The van der Waals surface area contributed by atoms with Crippen LogP contribution in [0.25, 0.3) is 0 Å². The predicted molar refractivity (Wildman–Crippen MR) is 76.0 cm³/mol. The van der Waals surface area contributed by atoms with Crippen LogP contribution in [0.2, 0.25) is 0 Å². The van der Waals surface area contributed by atoms with Gasteiger partial charge in [-0.3, -0.25) is 0 Å². The van der Waals surface area contributed by atoms with E-state index in [4.69, 9.17) is 10.00 Å². The summed E-state index contributed by atoms with van der Waals surface area (Å²) in [6.07, 6.45) is -0.592. The average molecular weight is 336 g/mol. The maximum absolute atomic E-state index is 13.5. The molecule has 102 valence electrons. The van der Waals surface area contributed by atoms with Crippen LogP contribution in [0.4, 0.5) is 4.39 Å². The van der Waals surface area contributed by atoms with Gasteiger partial charge < -0.3 is 9.84 Å². The van der Waals surface area contributed by atoms with Crippen molar-refractivity contribution in [1.82, 2.24) is 0 Å². The maximum Gasteiger partial charge on any atom is 0.144 e. The van der Waals surface area contributed by atoms with Gasteiger partial charge in [0, 0.05) is 10.5 Å². The number of halogens is 2. The molecule has 2 aromatic carbocycles. The Kier molecular flexibility index (Phi) is 4.38. The second-order valence-corrected chi connectivity index (χ2v) is 5.07. The third-order valence-electron chi connectivity index (χ3n) is 2.72. The number of hydrogen-bond acceptors (Lipinski definition) is 3. The van der Waals surface area contributed by atoms with Crippen molar-refractivity contribution in [3.8, 4) is 17.6 Å². The summed E-state index contributed by atoms with van der Waals surface area (Å²) in [6, 6.07) is 10.9. The van der Waals surface area contributed by atoms with Crippen LogP contribution in [0.1, 0.15) is 24.2 Å². The Balaban J connectivity index is 2.25. The Morgan fingerprint density at radius 1 is 1.25 bits per heavy atom. The molecule has 0 bridgehead atoms. The highest BCUT2D eigenvalue weighted by Gasteiger charge is 2.09. The molecule has 0 aliphatic carbocycles. The van der Waals surface area contributed by atoms with E-state index in [-0.39, 0.29) is 5.56 Å². The van der Waals surface area contributed by atoms with Gasteiger partial charge in [-0.15, -0.1) is 0 Å². The molecule has 20 heavy (non-hydrogen) atoms. The van der Waals surface area contributed by atoms with Crippen LogP contribution < -0.4 is 4.74 Å². The van der Waals surface area contributed by atoms with Gasteiger partial charge in [-0.05, 0) is 36.8 Å². The van der Waals surface area contributed by atoms with Gasteiger partial charge in [0.15, 0.2) is 0 Å². The molecular weight excluding hydrogens is 325 g/mol. The SMILES string of the molecule is C[C@H](O)c1ccc(Oc2ccc(C#N)c(F)c2)cc1Br. The number of aliphatic hydroxyl groups is 1. The van der Waals surface area contributed by atoms with Crippen molar-refractivity contribution in [1.29, 1.82) is 5.26 Å². The molecule has 0 aliphatic heterocycles. The van der Waals surface area contributed by atoms with E-state index in [1.165, 1.54) is 12.1 Å². The van der Waals surface area contributed by atoms with Crippen molar-refractivity contribution in [3.05, 3.63) is 57.8 Å². The molecular formula is C15H11BrFNO2. The summed E-state index contributed by atoms with van der Waals surface area (Å²) in [4.78, 5) is 0. The molecule has 0 unspecified atom stereocenters. The molecule has 2 rings (SSSR count). The van der Waals surface area contributed by atoms with Crippen LogP contribution in [0.5, 0.6) is 11.5 Å². The molecule has 0 aromatic heterocycles. The number of nitriles is 1. The number of rotatable bonds is 3. The highest BCUT2D eigenvalue weighted by atomic mass is 79.9. The van der Waals surface area contributed by atoms with E-state index in [1.807, 2.05) is 0 Å². The molecule has 0 amide bonds. The molecule has 1 atom stereocenters. The molecule has 0 heterocycles. The monoisotopic (exact) mass is 335 g/mol. The zero-order valence-electron chi connectivity index (χ0n) is 10.6. The lowest BCUT2D eigenvalue weighted by molar-refractivity contribution is 0.198. The first-order valence-corrected chi connectivity index (χ1v) is 6.65. The second kappa shape index (κ2) is 6.04. The zero-order chi connectivity index (χ0) is 14.7. The molecule has 1 N–H and O–H groups in total. The molecule has 0 radical (unpaired) electrons. The minimum atomic E-state index is -0.621. The van der Waals surface area contributed by atoms with E-state index in [1.54, 1.807) is 31.2 Å². The van der Waals surface area contributed by atoms with Crippen molar-refractivity contribution in [2.24, 2.45) is 0 Å². The van der Waals surface area contributed by atoms with Gasteiger partial charge in [0.1, 0.15) is 23.4 Å². The Labute approximate surface area is 124 Å². The summed E-state index contributed by atoms with van der Waals surface area (Å²) in [7, 11) is 0. The van der Waals surface area contributed by atoms with E-state index in [9.17, 15) is 9.50 Å². The molecule has 0 spiro atoms. The minimum absolute atomic E-state index is 0.0250. The summed E-state index contributed by atoms with van der Waals surface area (Å²) in [5, 5.41) is 18.2. The summed E-state index contributed by atoms with van der Waals surface area (Å²) < 4.78 is 19.7. The van der Waals surface area contributed by atoms with Gasteiger partial charge in [-0.25, -0.2) is 4.39 Å².